The summed E-state index contributed by atoms with van der Waals surface area (Å²) in [6, 6.07) is 8.93. The standard InChI is InChI=1S/C15H14N4O/c1-9-13-14(16-8-17-15(13)20-19-9)18-12-6-10-4-2-3-5-11(10)7-12/h2-5,8,12H,6-7H2,1H3,(H,16,17,18). The highest BCUT2D eigenvalue weighted by molar-refractivity contribution is 5.87. The van der Waals surface area contributed by atoms with Crippen molar-refractivity contribution < 1.29 is 4.52 Å². The monoisotopic (exact) mass is 266 g/mol. The molecular formula is C15H14N4O. The van der Waals surface area contributed by atoms with Crippen molar-refractivity contribution in [2.45, 2.75) is 25.8 Å². The number of rotatable bonds is 2. The predicted octanol–water partition coefficient (Wildman–Crippen LogP) is 2.51. The molecule has 0 saturated heterocycles. The highest BCUT2D eigenvalue weighted by Crippen LogP contribution is 2.27. The smallest absolute Gasteiger partial charge is 0.263 e. The molecule has 0 spiro atoms. The quantitative estimate of drug-likeness (QED) is 0.772. The zero-order chi connectivity index (χ0) is 13.5. The maximum Gasteiger partial charge on any atom is 0.263 e. The summed E-state index contributed by atoms with van der Waals surface area (Å²) in [5.41, 5.74) is 4.18. The lowest BCUT2D eigenvalue weighted by Crippen LogP contribution is -2.20. The highest BCUT2D eigenvalue weighted by atomic mass is 16.5. The molecule has 0 amide bonds. The van der Waals surface area contributed by atoms with Crippen molar-refractivity contribution in [1.29, 1.82) is 0 Å². The van der Waals surface area contributed by atoms with Crippen LogP contribution in [-0.4, -0.2) is 21.2 Å². The lowest BCUT2D eigenvalue weighted by atomic mass is 10.1. The molecule has 3 aromatic rings. The molecule has 0 atom stereocenters. The van der Waals surface area contributed by atoms with Gasteiger partial charge < -0.3 is 9.84 Å². The van der Waals surface area contributed by atoms with Gasteiger partial charge in [-0.05, 0) is 30.9 Å². The minimum atomic E-state index is 0.361. The number of hydrogen-bond donors (Lipinski definition) is 1. The van der Waals surface area contributed by atoms with Gasteiger partial charge in [-0.3, -0.25) is 0 Å². The molecule has 5 nitrogen and oxygen atoms in total. The Hall–Kier alpha value is -2.43. The first-order chi connectivity index (χ1) is 9.81. The molecule has 20 heavy (non-hydrogen) atoms. The van der Waals surface area contributed by atoms with E-state index in [2.05, 4.69) is 44.7 Å². The summed E-state index contributed by atoms with van der Waals surface area (Å²) in [4.78, 5) is 8.44. The number of anilines is 1. The zero-order valence-corrected chi connectivity index (χ0v) is 11.1. The number of hydrogen-bond acceptors (Lipinski definition) is 5. The van der Waals surface area contributed by atoms with Gasteiger partial charge in [-0.15, -0.1) is 0 Å². The average molecular weight is 266 g/mol. The van der Waals surface area contributed by atoms with Gasteiger partial charge in [0.15, 0.2) is 0 Å². The number of fused-ring (bicyclic) bond motifs is 2. The summed E-state index contributed by atoms with van der Waals surface area (Å²) in [6.45, 7) is 1.91. The summed E-state index contributed by atoms with van der Waals surface area (Å²) in [6.07, 6.45) is 3.55. The molecule has 0 radical (unpaired) electrons. The van der Waals surface area contributed by atoms with E-state index in [1.165, 1.54) is 17.5 Å². The molecule has 0 bridgehead atoms. The third kappa shape index (κ3) is 1.74. The van der Waals surface area contributed by atoms with E-state index in [0.717, 1.165) is 29.7 Å². The fourth-order valence-electron chi connectivity index (χ4n) is 2.89. The fraction of sp³-hybridized carbons (Fsp3) is 0.267. The van der Waals surface area contributed by atoms with Gasteiger partial charge in [0, 0.05) is 6.04 Å². The predicted molar refractivity (Wildman–Crippen MR) is 75.6 cm³/mol. The summed E-state index contributed by atoms with van der Waals surface area (Å²) < 4.78 is 5.17. The van der Waals surface area contributed by atoms with Crippen molar-refractivity contribution >= 4 is 16.9 Å². The van der Waals surface area contributed by atoms with Gasteiger partial charge in [0.25, 0.3) is 5.71 Å². The maximum atomic E-state index is 5.17. The van der Waals surface area contributed by atoms with Gasteiger partial charge in [0.2, 0.25) is 0 Å². The summed E-state index contributed by atoms with van der Waals surface area (Å²) >= 11 is 0. The molecule has 2 aromatic heterocycles. The first-order valence-electron chi connectivity index (χ1n) is 6.71. The zero-order valence-electron chi connectivity index (χ0n) is 11.1. The molecule has 0 aliphatic heterocycles. The van der Waals surface area contributed by atoms with Gasteiger partial charge in [-0.1, -0.05) is 29.4 Å². The van der Waals surface area contributed by atoms with Crippen molar-refractivity contribution in [2.24, 2.45) is 0 Å². The van der Waals surface area contributed by atoms with Crippen LogP contribution in [0.5, 0.6) is 0 Å². The largest absolute Gasteiger partial charge is 0.366 e. The van der Waals surface area contributed by atoms with E-state index in [0.29, 0.717) is 11.8 Å². The molecule has 0 unspecified atom stereocenters. The number of aromatic nitrogens is 3. The van der Waals surface area contributed by atoms with Crippen LogP contribution in [0.4, 0.5) is 5.82 Å². The van der Waals surface area contributed by atoms with Gasteiger partial charge in [0.1, 0.15) is 17.5 Å². The van der Waals surface area contributed by atoms with E-state index < -0.39 is 0 Å². The molecule has 0 fully saturated rings. The SMILES string of the molecule is Cc1noc2ncnc(NC3Cc4ccccc4C3)c12. The molecule has 2 heterocycles. The van der Waals surface area contributed by atoms with Crippen LogP contribution in [0.15, 0.2) is 35.1 Å². The number of aryl methyl sites for hydroxylation is 1. The Bertz CT molecular complexity index is 755. The average Bonchev–Trinajstić information content (AvgIpc) is 3.03. The molecule has 1 aliphatic carbocycles. The second-order valence-electron chi connectivity index (χ2n) is 5.19. The minimum Gasteiger partial charge on any atom is -0.366 e. The van der Waals surface area contributed by atoms with E-state index >= 15 is 0 Å². The third-order valence-electron chi connectivity index (χ3n) is 3.84. The molecule has 5 heteroatoms. The Morgan fingerprint density at radius 1 is 1.15 bits per heavy atom. The van der Waals surface area contributed by atoms with E-state index in [9.17, 15) is 0 Å². The van der Waals surface area contributed by atoms with Gasteiger partial charge in [0.05, 0.1) is 5.69 Å². The first-order valence-corrected chi connectivity index (χ1v) is 6.71. The Morgan fingerprint density at radius 2 is 1.90 bits per heavy atom. The normalized spacial score (nSPS) is 14.7. The number of nitrogens with one attached hydrogen (secondary N) is 1. The maximum absolute atomic E-state index is 5.17. The summed E-state index contributed by atoms with van der Waals surface area (Å²) in [5.74, 6) is 0.812. The second-order valence-corrected chi connectivity index (χ2v) is 5.19. The van der Waals surface area contributed by atoms with Gasteiger partial charge >= 0.3 is 0 Å². The van der Waals surface area contributed by atoms with Crippen molar-refractivity contribution in [2.75, 3.05) is 5.32 Å². The van der Waals surface area contributed by atoms with Crippen LogP contribution < -0.4 is 5.32 Å². The lowest BCUT2D eigenvalue weighted by Gasteiger charge is -2.12. The van der Waals surface area contributed by atoms with E-state index in [4.69, 9.17) is 4.52 Å². The molecular weight excluding hydrogens is 252 g/mol. The Morgan fingerprint density at radius 3 is 2.65 bits per heavy atom. The van der Waals surface area contributed by atoms with Crippen LogP contribution in [-0.2, 0) is 12.8 Å². The molecule has 4 rings (SSSR count). The molecule has 0 saturated carbocycles. The van der Waals surface area contributed by atoms with Gasteiger partial charge in [-0.2, -0.15) is 4.98 Å². The molecule has 100 valence electrons. The Balaban J connectivity index is 1.65. The van der Waals surface area contributed by atoms with Crippen molar-refractivity contribution in [3.8, 4) is 0 Å². The fourth-order valence-corrected chi connectivity index (χ4v) is 2.89. The third-order valence-corrected chi connectivity index (χ3v) is 3.84. The van der Waals surface area contributed by atoms with Crippen LogP contribution in [0.3, 0.4) is 0 Å². The molecule has 1 aliphatic rings. The van der Waals surface area contributed by atoms with Crippen molar-refractivity contribution in [3.05, 3.63) is 47.4 Å². The minimum absolute atomic E-state index is 0.361. The topological polar surface area (TPSA) is 63.8 Å². The summed E-state index contributed by atoms with van der Waals surface area (Å²) in [5, 5.41) is 8.34. The highest BCUT2D eigenvalue weighted by Gasteiger charge is 2.22. The van der Waals surface area contributed by atoms with Crippen molar-refractivity contribution in [1.82, 2.24) is 15.1 Å². The number of benzene rings is 1. The van der Waals surface area contributed by atoms with Crippen LogP contribution in [0.25, 0.3) is 11.1 Å². The molecule has 1 N–H and O–H groups in total. The van der Waals surface area contributed by atoms with Crippen molar-refractivity contribution in [3.63, 3.8) is 0 Å². The van der Waals surface area contributed by atoms with Gasteiger partial charge in [-0.25, -0.2) is 4.98 Å². The first kappa shape index (κ1) is 11.4. The Kier molecular flexibility index (Phi) is 2.45. The molecule has 1 aromatic carbocycles. The lowest BCUT2D eigenvalue weighted by molar-refractivity contribution is 0.442. The Labute approximate surface area is 116 Å². The van der Waals surface area contributed by atoms with E-state index in [-0.39, 0.29) is 0 Å². The van der Waals surface area contributed by atoms with Crippen LogP contribution in [0, 0.1) is 6.92 Å². The van der Waals surface area contributed by atoms with E-state index in [1.54, 1.807) is 0 Å². The van der Waals surface area contributed by atoms with Crippen LogP contribution in [0.2, 0.25) is 0 Å². The van der Waals surface area contributed by atoms with E-state index in [1.807, 2.05) is 6.92 Å². The number of nitrogens with zero attached hydrogens (tertiary/aromatic N) is 3. The van der Waals surface area contributed by atoms with Crippen LogP contribution in [0.1, 0.15) is 16.8 Å². The summed E-state index contributed by atoms with van der Waals surface area (Å²) in [7, 11) is 0. The van der Waals surface area contributed by atoms with Crippen LogP contribution >= 0.6 is 0 Å². The second kappa shape index (κ2) is 4.30.